The Morgan fingerprint density at radius 1 is 0.178 bits per heavy atom. The summed E-state index contributed by atoms with van der Waals surface area (Å²) in [4.78, 5) is 31.5. The molecule has 0 saturated carbocycles. The van der Waals surface area contributed by atoms with Gasteiger partial charge in [0.05, 0.1) is 88.5 Å². The highest BCUT2D eigenvalue weighted by Crippen LogP contribution is 2.52. The molecule has 19 aromatic carbocycles. The molecule has 0 aliphatic heterocycles. The van der Waals surface area contributed by atoms with Crippen LogP contribution in [0.1, 0.15) is 0 Å². The van der Waals surface area contributed by atoms with Crippen LogP contribution in [0.15, 0.2) is 430 Å². The van der Waals surface area contributed by atoms with Crippen LogP contribution < -0.4 is 0 Å². The number of rotatable bonds is 7. The number of benzene rings is 19. The Balaban J connectivity index is 0.0000000987. The lowest BCUT2D eigenvalue weighted by atomic mass is 10.0. The van der Waals surface area contributed by atoms with Crippen LogP contribution in [0.4, 0.5) is 0 Å². The van der Waals surface area contributed by atoms with Crippen LogP contribution in [0.25, 0.3) is 285 Å². The standard InChI is InChI=1S/C44H26N4O.C38H21N3O2.C38H21N3OS/c1-3-13-27(14-4-1)42-31-18-7-10-20-33(31)45-44(46-42)48-36-26-25-35-39(32-19-8-11-21-34(32)47(35)28-15-5-2-6-16-28)40(36)41-37(48)24-23-30-29-17-9-12-22-38(29)49-43(30)41;1-2-10-22(11-3-1)36-25-13-4-7-15-27(25)39-38(40-36)41-28-20-21-32-33(26-14-6-9-17-31(26)42-32)34(28)35-29(41)19-18-24-23-12-5-8-16-30(23)43-37(24)35;1-2-10-22(11-3-1)36-25-13-4-7-15-27(25)39-38(40-36)41-28-20-21-31-33(26-14-5-8-16-30(26)42-31)34(28)35-29(41)19-18-24-23-12-6-9-17-32(23)43-37(24)35/h1-26H;2*1-21H. The maximum Gasteiger partial charge on any atom is 0.235 e. The van der Waals surface area contributed by atoms with Crippen molar-refractivity contribution in [3.8, 4) is 57.3 Å². The number of furan rings is 4. The van der Waals surface area contributed by atoms with Gasteiger partial charge >= 0.3 is 0 Å². The molecule has 31 rings (SSSR count). The fourth-order valence-corrected chi connectivity index (χ4v) is 22.7. The van der Waals surface area contributed by atoms with Gasteiger partial charge in [-0.25, -0.2) is 29.9 Å². The first-order chi connectivity index (χ1) is 67.0. The van der Waals surface area contributed by atoms with Gasteiger partial charge in [0.2, 0.25) is 17.8 Å². The van der Waals surface area contributed by atoms with Gasteiger partial charge in [-0.2, -0.15) is 0 Å². The van der Waals surface area contributed by atoms with Gasteiger partial charge in [0, 0.05) is 134 Å². The van der Waals surface area contributed by atoms with Crippen LogP contribution in [0, 0.1) is 0 Å². The minimum absolute atomic E-state index is 0.611. The molecule has 135 heavy (non-hydrogen) atoms. The number of fused-ring (bicyclic) bond motifs is 36. The molecule has 12 heterocycles. The van der Waals surface area contributed by atoms with Gasteiger partial charge in [-0.1, -0.05) is 279 Å². The first-order valence-corrected chi connectivity index (χ1v) is 46.0. The van der Waals surface area contributed by atoms with E-state index in [4.69, 9.17) is 47.6 Å². The smallest absolute Gasteiger partial charge is 0.235 e. The van der Waals surface area contributed by atoms with Gasteiger partial charge in [0.1, 0.15) is 44.7 Å². The largest absolute Gasteiger partial charge is 0.456 e. The zero-order chi connectivity index (χ0) is 88.2. The zero-order valence-electron chi connectivity index (χ0n) is 71.8. The predicted molar refractivity (Wildman–Crippen MR) is 554 cm³/mol. The Kier molecular flexibility index (Phi) is 16.1. The van der Waals surface area contributed by atoms with E-state index in [1.54, 1.807) is 0 Å². The maximum atomic E-state index is 6.78. The molecule has 12 aromatic heterocycles. The van der Waals surface area contributed by atoms with Crippen molar-refractivity contribution in [1.29, 1.82) is 0 Å². The summed E-state index contributed by atoms with van der Waals surface area (Å²) >= 11 is 1.85. The fraction of sp³-hybridized carbons (Fsp3) is 0. The van der Waals surface area contributed by atoms with Crippen LogP contribution in [0.3, 0.4) is 0 Å². The van der Waals surface area contributed by atoms with Crippen LogP contribution in [0.2, 0.25) is 0 Å². The van der Waals surface area contributed by atoms with E-state index < -0.39 is 0 Å². The Labute approximate surface area is 769 Å². The summed E-state index contributed by atoms with van der Waals surface area (Å²) in [5, 5.41) is 23.4. The van der Waals surface area contributed by atoms with Crippen molar-refractivity contribution >= 4 is 239 Å². The lowest BCUT2D eigenvalue weighted by Gasteiger charge is -2.12. The average Bonchev–Trinajstić information content (AvgIpc) is 1.54. The van der Waals surface area contributed by atoms with Crippen molar-refractivity contribution < 1.29 is 17.7 Å². The lowest BCUT2D eigenvalue weighted by Crippen LogP contribution is -2.03. The lowest BCUT2D eigenvalue weighted by molar-refractivity contribution is 0.669. The van der Waals surface area contributed by atoms with Crippen molar-refractivity contribution in [2.24, 2.45) is 0 Å². The van der Waals surface area contributed by atoms with Crippen molar-refractivity contribution in [2.45, 2.75) is 0 Å². The Morgan fingerprint density at radius 3 is 0.956 bits per heavy atom. The molecule has 0 fully saturated rings. The molecule has 0 unspecified atom stereocenters. The first kappa shape index (κ1) is 74.7. The third-order valence-electron chi connectivity index (χ3n) is 27.2. The second-order valence-electron chi connectivity index (χ2n) is 34.5. The van der Waals surface area contributed by atoms with Gasteiger partial charge in [0.25, 0.3) is 0 Å². The monoisotopic (exact) mass is 1740 g/mol. The van der Waals surface area contributed by atoms with Gasteiger partial charge in [-0.15, -0.1) is 11.3 Å². The van der Waals surface area contributed by atoms with Crippen molar-refractivity contribution in [3.05, 3.63) is 413 Å². The summed E-state index contributed by atoms with van der Waals surface area (Å²) in [5.74, 6) is 1.89. The molecule has 31 aromatic rings. The van der Waals surface area contributed by atoms with Crippen LogP contribution in [-0.2, 0) is 0 Å². The summed E-state index contributed by atoms with van der Waals surface area (Å²) in [5.41, 5.74) is 25.1. The van der Waals surface area contributed by atoms with E-state index in [-0.39, 0.29) is 0 Å². The van der Waals surface area contributed by atoms with Gasteiger partial charge in [-0.05, 0) is 133 Å². The van der Waals surface area contributed by atoms with Crippen molar-refractivity contribution in [2.75, 3.05) is 0 Å². The topological polar surface area (TPSA) is 150 Å². The van der Waals surface area contributed by atoms with Crippen molar-refractivity contribution in [3.63, 3.8) is 0 Å². The van der Waals surface area contributed by atoms with Crippen LogP contribution in [0.5, 0.6) is 0 Å². The molecule has 0 atom stereocenters. The van der Waals surface area contributed by atoms with E-state index in [1.165, 1.54) is 41.7 Å². The summed E-state index contributed by atoms with van der Waals surface area (Å²) in [6.07, 6.45) is 0. The van der Waals surface area contributed by atoms with E-state index >= 15 is 0 Å². The Bertz CT molecular complexity index is 10100. The highest BCUT2D eigenvalue weighted by atomic mass is 32.1. The number of para-hydroxylation sites is 9. The predicted octanol–water partition coefficient (Wildman–Crippen LogP) is 32.2. The molecule has 0 bridgehead atoms. The van der Waals surface area contributed by atoms with Crippen LogP contribution in [-0.4, -0.2) is 48.2 Å². The molecular formula is C120H68N10O4S. The van der Waals surface area contributed by atoms with E-state index in [2.05, 4.69) is 334 Å². The molecule has 0 N–H and O–H groups in total. The maximum absolute atomic E-state index is 6.78. The van der Waals surface area contributed by atoms with E-state index in [0.29, 0.717) is 17.8 Å². The number of hydrogen-bond acceptors (Lipinski definition) is 11. The number of hydrogen-bond donors (Lipinski definition) is 0. The second kappa shape index (κ2) is 29.2. The minimum Gasteiger partial charge on any atom is -0.456 e. The summed E-state index contributed by atoms with van der Waals surface area (Å²) in [6.45, 7) is 0. The normalized spacial score (nSPS) is 12.1. The second-order valence-corrected chi connectivity index (χ2v) is 35.5. The van der Waals surface area contributed by atoms with E-state index in [9.17, 15) is 0 Å². The molecule has 0 saturated heterocycles. The Morgan fingerprint density at radius 2 is 0.496 bits per heavy atom. The number of nitrogens with zero attached hydrogens (tertiary/aromatic N) is 10. The van der Waals surface area contributed by atoms with E-state index in [0.717, 1.165) is 226 Å². The first-order valence-electron chi connectivity index (χ1n) is 45.2. The summed E-state index contributed by atoms with van der Waals surface area (Å²) < 4.78 is 37.7. The SMILES string of the molecule is c1ccc(-c2nc(-n3c4ccc5c6ccccc6oc5c4c4c5c(ccc43)oc3ccccc35)nc3ccccc23)cc1.c1ccc(-c2nc(-n3c4ccc5c6ccccc6oc5c4c4c5c6ccccc6n(-c6ccccc6)c5ccc43)nc3ccccc23)cc1.c1ccc(-c2nc(-n3c4ccc5c6ccccc6sc5c4c4c5c(ccc43)oc3ccccc35)nc3ccccc23)cc1. The molecule has 0 aliphatic carbocycles. The van der Waals surface area contributed by atoms with E-state index in [1.807, 2.05) is 108 Å². The zero-order valence-corrected chi connectivity index (χ0v) is 72.6. The minimum atomic E-state index is 0.611. The molecule has 0 radical (unpaired) electrons. The van der Waals surface area contributed by atoms with Crippen LogP contribution >= 0.6 is 11.3 Å². The van der Waals surface area contributed by atoms with Gasteiger partial charge in [0.15, 0.2) is 0 Å². The Hall–Kier alpha value is -18.2. The molecule has 15 heteroatoms. The summed E-state index contributed by atoms with van der Waals surface area (Å²) in [6, 6.07) is 143. The van der Waals surface area contributed by atoms with Gasteiger partial charge < -0.3 is 22.2 Å². The van der Waals surface area contributed by atoms with Crippen molar-refractivity contribution in [1.82, 2.24) is 48.2 Å². The molecule has 14 nitrogen and oxygen atoms in total. The number of thiophene rings is 1. The van der Waals surface area contributed by atoms with Gasteiger partial charge in [-0.3, -0.25) is 13.7 Å². The third-order valence-corrected chi connectivity index (χ3v) is 28.4. The summed E-state index contributed by atoms with van der Waals surface area (Å²) in [7, 11) is 0. The molecule has 628 valence electrons. The highest BCUT2D eigenvalue weighted by molar-refractivity contribution is 7.26. The average molecular weight is 1750 g/mol. The third kappa shape index (κ3) is 11.2. The fourth-order valence-electron chi connectivity index (χ4n) is 21.4. The highest BCUT2D eigenvalue weighted by Gasteiger charge is 2.31. The quantitative estimate of drug-likeness (QED) is 0.151. The molecule has 0 aliphatic rings. The molecule has 0 spiro atoms. The molecule has 0 amide bonds. The number of aromatic nitrogens is 10. The molecular weight excluding hydrogens is 1680 g/mol.